The van der Waals surface area contributed by atoms with Gasteiger partial charge in [0.15, 0.2) is 11.5 Å². The van der Waals surface area contributed by atoms with Gasteiger partial charge < -0.3 is 9.64 Å². The van der Waals surface area contributed by atoms with E-state index in [0.717, 1.165) is 43.7 Å². The molecule has 1 saturated carbocycles. The Morgan fingerprint density at radius 1 is 1.17 bits per heavy atom. The van der Waals surface area contributed by atoms with Crippen LogP contribution in [0.5, 0.6) is 0 Å². The second-order valence-corrected chi connectivity index (χ2v) is 6.45. The first-order valence-electron chi connectivity index (χ1n) is 8.53. The van der Waals surface area contributed by atoms with E-state index >= 15 is 0 Å². The van der Waals surface area contributed by atoms with Crippen LogP contribution in [0.15, 0.2) is 24.4 Å². The predicted octanol–water partition coefficient (Wildman–Crippen LogP) is 2.35. The van der Waals surface area contributed by atoms with Crippen LogP contribution < -0.4 is 0 Å². The van der Waals surface area contributed by atoms with Crippen molar-refractivity contribution >= 4 is 11.6 Å². The fourth-order valence-corrected chi connectivity index (χ4v) is 3.75. The maximum absolute atomic E-state index is 12.6. The van der Waals surface area contributed by atoms with Crippen molar-refractivity contribution in [2.24, 2.45) is 0 Å². The standard InChI is InChI=1S/C17H22N4O2/c22-16(12-23-13-6-1-2-7-13)20-11-5-8-14(20)17-19-18-15-9-3-4-10-21(15)17/h3-4,9-10,13-14H,1-2,5-8,11-12H2. The van der Waals surface area contributed by atoms with Gasteiger partial charge in [0.2, 0.25) is 5.91 Å². The van der Waals surface area contributed by atoms with Crippen molar-refractivity contribution in [3.05, 3.63) is 30.2 Å². The molecule has 2 aromatic rings. The monoisotopic (exact) mass is 314 g/mol. The smallest absolute Gasteiger partial charge is 0.249 e. The van der Waals surface area contributed by atoms with Crippen LogP contribution in [0.1, 0.15) is 50.4 Å². The number of aromatic nitrogens is 3. The van der Waals surface area contributed by atoms with E-state index in [9.17, 15) is 4.79 Å². The molecular formula is C17H22N4O2. The van der Waals surface area contributed by atoms with Crippen molar-refractivity contribution in [3.63, 3.8) is 0 Å². The van der Waals surface area contributed by atoms with Gasteiger partial charge in [-0.2, -0.15) is 0 Å². The lowest BCUT2D eigenvalue weighted by Gasteiger charge is -2.24. The van der Waals surface area contributed by atoms with Gasteiger partial charge in [0.05, 0.1) is 12.1 Å². The molecule has 122 valence electrons. The molecule has 0 N–H and O–H groups in total. The first kappa shape index (κ1) is 14.6. The van der Waals surface area contributed by atoms with E-state index in [1.807, 2.05) is 33.7 Å². The number of carbonyl (C=O) groups excluding carboxylic acids is 1. The number of hydrogen-bond acceptors (Lipinski definition) is 4. The van der Waals surface area contributed by atoms with E-state index in [2.05, 4.69) is 10.2 Å². The summed E-state index contributed by atoms with van der Waals surface area (Å²) in [6, 6.07) is 5.85. The number of rotatable bonds is 4. The van der Waals surface area contributed by atoms with Crippen LogP contribution in [0.25, 0.3) is 5.65 Å². The van der Waals surface area contributed by atoms with Gasteiger partial charge in [0, 0.05) is 12.7 Å². The van der Waals surface area contributed by atoms with Gasteiger partial charge in [-0.3, -0.25) is 9.20 Å². The van der Waals surface area contributed by atoms with Crippen LogP contribution >= 0.6 is 0 Å². The molecule has 1 amide bonds. The second-order valence-electron chi connectivity index (χ2n) is 6.45. The Labute approximate surface area is 135 Å². The van der Waals surface area contributed by atoms with E-state index in [1.165, 1.54) is 12.8 Å². The summed E-state index contributed by atoms with van der Waals surface area (Å²) in [4.78, 5) is 14.5. The van der Waals surface area contributed by atoms with Crippen molar-refractivity contribution < 1.29 is 9.53 Å². The molecule has 6 heteroatoms. The molecule has 2 fully saturated rings. The molecule has 0 aromatic carbocycles. The van der Waals surface area contributed by atoms with Crippen molar-refractivity contribution in [2.75, 3.05) is 13.2 Å². The molecular weight excluding hydrogens is 292 g/mol. The lowest BCUT2D eigenvalue weighted by Crippen LogP contribution is -2.35. The molecule has 2 aliphatic rings. The zero-order chi connectivity index (χ0) is 15.6. The summed E-state index contributed by atoms with van der Waals surface area (Å²) >= 11 is 0. The third-order valence-corrected chi connectivity index (χ3v) is 4.96. The Balaban J connectivity index is 1.48. The van der Waals surface area contributed by atoms with Gasteiger partial charge in [0.25, 0.3) is 0 Å². The predicted molar refractivity (Wildman–Crippen MR) is 84.9 cm³/mol. The summed E-state index contributed by atoms with van der Waals surface area (Å²) in [6.07, 6.45) is 8.78. The summed E-state index contributed by atoms with van der Waals surface area (Å²) in [5.74, 6) is 0.930. The van der Waals surface area contributed by atoms with Crippen molar-refractivity contribution in [1.82, 2.24) is 19.5 Å². The Bertz CT molecular complexity index is 693. The van der Waals surface area contributed by atoms with Crippen LogP contribution in [0, 0.1) is 0 Å². The molecule has 1 unspecified atom stereocenters. The molecule has 1 aliphatic carbocycles. The van der Waals surface area contributed by atoms with Gasteiger partial charge in [-0.05, 0) is 37.8 Å². The van der Waals surface area contributed by atoms with Crippen LogP contribution in [-0.4, -0.2) is 44.7 Å². The summed E-state index contributed by atoms with van der Waals surface area (Å²) in [5, 5.41) is 8.54. The van der Waals surface area contributed by atoms with Crippen molar-refractivity contribution in [1.29, 1.82) is 0 Å². The molecule has 6 nitrogen and oxygen atoms in total. The molecule has 1 atom stereocenters. The number of likely N-dealkylation sites (tertiary alicyclic amines) is 1. The Hall–Kier alpha value is -1.95. The van der Waals surface area contributed by atoms with E-state index in [-0.39, 0.29) is 24.7 Å². The number of nitrogens with zero attached hydrogens (tertiary/aromatic N) is 4. The van der Waals surface area contributed by atoms with E-state index in [0.29, 0.717) is 0 Å². The topological polar surface area (TPSA) is 59.7 Å². The summed E-state index contributed by atoms with van der Waals surface area (Å²) in [5.41, 5.74) is 0.823. The quantitative estimate of drug-likeness (QED) is 0.869. The maximum Gasteiger partial charge on any atom is 0.249 e. The third-order valence-electron chi connectivity index (χ3n) is 4.96. The van der Waals surface area contributed by atoms with Crippen LogP contribution in [0.3, 0.4) is 0 Å². The molecule has 0 radical (unpaired) electrons. The number of amides is 1. The van der Waals surface area contributed by atoms with Crippen molar-refractivity contribution in [2.45, 2.75) is 50.7 Å². The van der Waals surface area contributed by atoms with Gasteiger partial charge in [-0.15, -0.1) is 10.2 Å². The zero-order valence-corrected chi connectivity index (χ0v) is 13.2. The Morgan fingerprint density at radius 2 is 2.04 bits per heavy atom. The van der Waals surface area contributed by atoms with Crippen LogP contribution in [0.2, 0.25) is 0 Å². The Morgan fingerprint density at radius 3 is 2.91 bits per heavy atom. The minimum atomic E-state index is 0.00655. The number of pyridine rings is 1. The van der Waals surface area contributed by atoms with Crippen molar-refractivity contribution in [3.8, 4) is 0 Å². The molecule has 1 aliphatic heterocycles. The van der Waals surface area contributed by atoms with Crippen LogP contribution in [0.4, 0.5) is 0 Å². The lowest BCUT2D eigenvalue weighted by molar-refractivity contribution is -0.139. The summed E-state index contributed by atoms with van der Waals surface area (Å²) in [6.45, 7) is 0.969. The third kappa shape index (κ3) is 2.83. The highest BCUT2D eigenvalue weighted by atomic mass is 16.5. The van der Waals surface area contributed by atoms with E-state index < -0.39 is 0 Å². The molecule has 23 heavy (non-hydrogen) atoms. The molecule has 1 saturated heterocycles. The number of carbonyl (C=O) groups is 1. The van der Waals surface area contributed by atoms with E-state index in [1.54, 1.807) is 0 Å². The number of hydrogen-bond donors (Lipinski definition) is 0. The second kappa shape index (κ2) is 6.28. The summed E-state index contributed by atoms with van der Waals surface area (Å²) < 4.78 is 7.78. The molecule has 3 heterocycles. The number of fused-ring (bicyclic) bond motifs is 1. The van der Waals surface area contributed by atoms with Gasteiger partial charge in [-0.25, -0.2) is 0 Å². The highest BCUT2D eigenvalue weighted by Crippen LogP contribution is 2.31. The highest BCUT2D eigenvalue weighted by molar-refractivity contribution is 5.78. The van der Waals surface area contributed by atoms with E-state index in [4.69, 9.17) is 4.74 Å². The molecule has 2 aromatic heterocycles. The largest absolute Gasteiger partial charge is 0.368 e. The zero-order valence-electron chi connectivity index (χ0n) is 13.2. The molecule has 4 rings (SSSR count). The minimum absolute atomic E-state index is 0.00655. The molecule has 0 spiro atoms. The Kier molecular flexibility index (Phi) is 3.99. The normalized spacial score (nSPS) is 22.3. The average Bonchev–Trinajstić information content (AvgIpc) is 3.31. The minimum Gasteiger partial charge on any atom is -0.368 e. The maximum atomic E-state index is 12.6. The fourth-order valence-electron chi connectivity index (χ4n) is 3.75. The van der Waals surface area contributed by atoms with Gasteiger partial charge in [-0.1, -0.05) is 18.9 Å². The average molecular weight is 314 g/mol. The van der Waals surface area contributed by atoms with Gasteiger partial charge in [0.1, 0.15) is 6.61 Å². The fraction of sp³-hybridized carbons (Fsp3) is 0.588. The first-order valence-corrected chi connectivity index (χ1v) is 8.53. The van der Waals surface area contributed by atoms with Crippen LogP contribution in [-0.2, 0) is 9.53 Å². The molecule has 0 bridgehead atoms. The highest BCUT2D eigenvalue weighted by Gasteiger charge is 2.33. The number of ether oxygens (including phenoxy) is 1. The lowest BCUT2D eigenvalue weighted by atomic mass is 10.2. The summed E-state index contributed by atoms with van der Waals surface area (Å²) in [7, 11) is 0. The first-order chi connectivity index (χ1) is 11.3. The SMILES string of the molecule is O=C(COC1CCCC1)N1CCCC1c1nnc2ccccn12. The van der Waals surface area contributed by atoms with Gasteiger partial charge >= 0.3 is 0 Å².